The summed E-state index contributed by atoms with van der Waals surface area (Å²) in [6.45, 7) is 2.24. The molecule has 24 heavy (non-hydrogen) atoms. The van der Waals surface area contributed by atoms with Gasteiger partial charge in [0.15, 0.2) is 0 Å². The minimum Gasteiger partial charge on any atom is -0.326 e. The van der Waals surface area contributed by atoms with Gasteiger partial charge in [0.2, 0.25) is 15.9 Å². The molecule has 0 radical (unpaired) electrons. The van der Waals surface area contributed by atoms with E-state index in [1.165, 1.54) is 4.31 Å². The highest BCUT2D eigenvalue weighted by atomic mass is 35.5. The van der Waals surface area contributed by atoms with Crippen LogP contribution in [0.4, 0.5) is 11.4 Å². The second-order valence-electron chi connectivity index (χ2n) is 6.16. The molecule has 2 aliphatic rings. The van der Waals surface area contributed by atoms with E-state index >= 15 is 0 Å². The molecule has 6 nitrogen and oxygen atoms in total. The smallest absolute Gasteiger partial charge is 0.235 e. The Bertz CT molecular complexity index is 675. The fourth-order valence-electron chi connectivity index (χ4n) is 3.15. The molecule has 1 aromatic rings. The fraction of sp³-hybridized carbons (Fsp3) is 0.562. The van der Waals surface area contributed by atoms with Crippen LogP contribution in [0.1, 0.15) is 25.7 Å². The highest BCUT2D eigenvalue weighted by Crippen LogP contribution is 2.26. The van der Waals surface area contributed by atoms with Crippen LogP contribution in [0.15, 0.2) is 24.3 Å². The zero-order valence-electron chi connectivity index (χ0n) is 13.5. The highest BCUT2D eigenvalue weighted by molar-refractivity contribution is 7.92. The summed E-state index contributed by atoms with van der Waals surface area (Å²) >= 11 is 0. The number of hydrogen-bond donors (Lipinski definition) is 2. The van der Waals surface area contributed by atoms with Gasteiger partial charge in [0.05, 0.1) is 11.4 Å². The Morgan fingerprint density at radius 1 is 1.21 bits per heavy atom. The molecular weight excluding hydrogens is 350 g/mol. The van der Waals surface area contributed by atoms with Crippen LogP contribution in [0.25, 0.3) is 0 Å². The van der Waals surface area contributed by atoms with Crippen molar-refractivity contribution in [3.8, 4) is 0 Å². The first-order valence-corrected chi connectivity index (χ1v) is 9.79. The Morgan fingerprint density at radius 2 is 1.96 bits per heavy atom. The van der Waals surface area contributed by atoms with Gasteiger partial charge < -0.3 is 10.6 Å². The molecule has 0 atom stereocenters. The lowest BCUT2D eigenvalue weighted by Gasteiger charge is -2.28. The molecule has 3 rings (SSSR count). The topological polar surface area (TPSA) is 78.5 Å². The number of carbonyl (C=O) groups excluding carboxylic acids is 1. The number of nitrogens with zero attached hydrogens (tertiary/aromatic N) is 1. The molecule has 2 fully saturated rings. The van der Waals surface area contributed by atoms with Crippen molar-refractivity contribution in [2.24, 2.45) is 5.92 Å². The lowest BCUT2D eigenvalue weighted by atomic mass is 9.97. The van der Waals surface area contributed by atoms with Crippen LogP contribution in [0.2, 0.25) is 0 Å². The Hall–Kier alpha value is -1.31. The molecule has 1 amide bonds. The van der Waals surface area contributed by atoms with Gasteiger partial charge >= 0.3 is 0 Å². The molecule has 2 aliphatic heterocycles. The van der Waals surface area contributed by atoms with Gasteiger partial charge in [0.25, 0.3) is 0 Å². The molecular formula is C16H24ClN3O3S. The Labute approximate surface area is 149 Å². The van der Waals surface area contributed by atoms with E-state index in [9.17, 15) is 13.2 Å². The van der Waals surface area contributed by atoms with Crippen LogP contribution < -0.4 is 14.9 Å². The molecule has 1 aromatic carbocycles. The maximum atomic E-state index is 12.3. The molecule has 2 saturated heterocycles. The van der Waals surface area contributed by atoms with Crippen molar-refractivity contribution >= 4 is 39.7 Å². The zero-order chi connectivity index (χ0) is 16.3. The summed E-state index contributed by atoms with van der Waals surface area (Å²) in [6, 6.07) is 7.13. The van der Waals surface area contributed by atoms with Gasteiger partial charge in [-0.2, -0.15) is 0 Å². The van der Waals surface area contributed by atoms with Crippen molar-refractivity contribution in [1.29, 1.82) is 0 Å². The summed E-state index contributed by atoms with van der Waals surface area (Å²) in [6.07, 6.45) is 3.26. The van der Waals surface area contributed by atoms with Gasteiger partial charge in [-0.25, -0.2) is 8.42 Å². The van der Waals surface area contributed by atoms with Crippen molar-refractivity contribution in [1.82, 2.24) is 5.32 Å². The van der Waals surface area contributed by atoms with Gasteiger partial charge in [-0.3, -0.25) is 9.10 Å². The maximum absolute atomic E-state index is 12.3. The number of hydrogen-bond acceptors (Lipinski definition) is 4. The first-order valence-electron chi connectivity index (χ1n) is 8.18. The lowest BCUT2D eigenvalue weighted by molar-refractivity contribution is -0.120. The van der Waals surface area contributed by atoms with Crippen molar-refractivity contribution in [2.75, 3.05) is 35.0 Å². The number of sulfonamides is 1. The van der Waals surface area contributed by atoms with Crippen molar-refractivity contribution in [2.45, 2.75) is 25.7 Å². The Kier molecular flexibility index (Phi) is 6.48. The van der Waals surface area contributed by atoms with E-state index in [0.717, 1.165) is 32.4 Å². The third-order valence-electron chi connectivity index (χ3n) is 4.46. The van der Waals surface area contributed by atoms with E-state index in [1.807, 2.05) is 0 Å². The summed E-state index contributed by atoms with van der Waals surface area (Å²) in [5.41, 5.74) is 1.29. The average molecular weight is 374 g/mol. The van der Waals surface area contributed by atoms with Crippen molar-refractivity contribution < 1.29 is 13.2 Å². The van der Waals surface area contributed by atoms with E-state index in [-0.39, 0.29) is 30.0 Å². The van der Waals surface area contributed by atoms with Gasteiger partial charge in [-0.1, -0.05) is 6.07 Å². The monoisotopic (exact) mass is 373 g/mol. The molecule has 2 heterocycles. The van der Waals surface area contributed by atoms with Gasteiger partial charge in [0, 0.05) is 18.2 Å². The molecule has 0 unspecified atom stereocenters. The molecule has 2 N–H and O–H groups in total. The SMILES string of the molecule is Cl.O=C(Nc1cccc(N2CCCCS2(=O)=O)c1)C1CCNCC1. The number of nitrogens with one attached hydrogen (secondary N) is 2. The minimum atomic E-state index is -3.23. The van der Waals surface area contributed by atoms with Gasteiger partial charge in [-0.05, 0) is 57.0 Å². The quantitative estimate of drug-likeness (QED) is 0.849. The van der Waals surface area contributed by atoms with Crippen LogP contribution in [0, 0.1) is 5.92 Å². The second kappa shape index (κ2) is 8.18. The fourth-order valence-corrected chi connectivity index (χ4v) is 4.78. The average Bonchev–Trinajstić information content (AvgIpc) is 2.55. The predicted octanol–water partition coefficient (Wildman–Crippen LogP) is 1.98. The summed E-state index contributed by atoms with van der Waals surface area (Å²) in [5, 5.41) is 6.17. The standard InChI is InChI=1S/C16H23N3O3S.ClH/c20-16(13-6-8-17-9-7-13)18-14-4-3-5-15(12-14)19-10-1-2-11-23(19,21)22;/h3-5,12-13,17H,1-2,6-11H2,(H,18,20);1H. The Morgan fingerprint density at radius 3 is 2.67 bits per heavy atom. The van der Waals surface area contributed by atoms with Crippen LogP contribution in [0.3, 0.4) is 0 Å². The molecule has 0 bridgehead atoms. The van der Waals surface area contributed by atoms with E-state index in [2.05, 4.69) is 10.6 Å². The molecule has 8 heteroatoms. The zero-order valence-corrected chi connectivity index (χ0v) is 15.2. The number of amides is 1. The number of halogens is 1. The predicted molar refractivity (Wildman–Crippen MR) is 98.3 cm³/mol. The Balaban J connectivity index is 0.00000208. The van der Waals surface area contributed by atoms with Crippen molar-refractivity contribution in [3.05, 3.63) is 24.3 Å². The van der Waals surface area contributed by atoms with Gasteiger partial charge in [-0.15, -0.1) is 12.4 Å². The van der Waals surface area contributed by atoms with Crippen LogP contribution in [-0.2, 0) is 14.8 Å². The first kappa shape index (κ1) is 19.0. The highest BCUT2D eigenvalue weighted by Gasteiger charge is 2.26. The number of anilines is 2. The van der Waals surface area contributed by atoms with E-state index in [0.29, 0.717) is 24.3 Å². The summed E-state index contributed by atoms with van der Waals surface area (Å²) in [7, 11) is -3.23. The second-order valence-corrected chi connectivity index (χ2v) is 8.17. The number of piperidine rings is 1. The lowest BCUT2D eigenvalue weighted by Crippen LogP contribution is -2.38. The van der Waals surface area contributed by atoms with Crippen LogP contribution >= 0.6 is 12.4 Å². The minimum absolute atomic E-state index is 0. The van der Waals surface area contributed by atoms with Crippen molar-refractivity contribution in [3.63, 3.8) is 0 Å². The van der Waals surface area contributed by atoms with E-state index in [4.69, 9.17) is 0 Å². The maximum Gasteiger partial charge on any atom is 0.235 e. The molecule has 0 saturated carbocycles. The van der Waals surface area contributed by atoms with Gasteiger partial charge in [0.1, 0.15) is 0 Å². The largest absolute Gasteiger partial charge is 0.326 e. The number of carbonyl (C=O) groups is 1. The van der Waals surface area contributed by atoms with Crippen LogP contribution in [-0.4, -0.2) is 39.7 Å². The van der Waals surface area contributed by atoms with E-state index < -0.39 is 10.0 Å². The third kappa shape index (κ3) is 4.40. The molecule has 0 aromatic heterocycles. The number of benzene rings is 1. The summed E-state index contributed by atoms with van der Waals surface area (Å²) in [5.74, 6) is 0.238. The summed E-state index contributed by atoms with van der Waals surface area (Å²) < 4.78 is 25.8. The molecule has 0 aliphatic carbocycles. The van der Waals surface area contributed by atoms with Crippen LogP contribution in [0.5, 0.6) is 0 Å². The van der Waals surface area contributed by atoms with E-state index in [1.54, 1.807) is 24.3 Å². The number of rotatable bonds is 3. The first-order chi connectivity index (χ1) is 11.1. The normalized spacial score (nSPS) is 20.9. The summed E-state index contributed by atoms with van der Waals surface area (Å²) in [4.78, 5) is 12.3. The molecule has 134 valence electrons. The third-order valence-corrected chi connectivity index (χ3v) is 6.33. The molecule has 0 spiro atoms.